The minimum atomic E-state index is -0.312. The summed E-state index contributed by atoms with van der Waals surface area (Å²) in [7, 11) is 5.63. The highest BCUT2D eigenvalue weighted by atomic mass is 35.5. The van der Waals surface area contributed by atoms with Crippen LogP contribution in [-0.4, -0.2) is 43.7 Å². The number of hydrogen-bond donors (Lipinski definition) is 1. The Balaban J connectivity index is 0.00000300. The number of nitrogens with zero attached hydrogens (tertiary/aromatic N) is 1. The van der Waals surface area contributed by atoms with Crippen LogP contribution in [0.2, 0.25) is 0 Å². The number of phenols is 1. The van der Waals surface area contributed by atoms with Crippen molar-refractivity contribution in [3.63, 3.8) is 0 Å². The zero-order valence-corrected chi connectivity index (χ0v) is 18.1. The number of rotatable bonds is 5. The van der Waals surface area contributed by atoms with Gasteiger partial charge in [0.25, 0.3) is 0 Å². The van der Waals surface area contributed by atoms with Gasteiger partial charge in [-0.3, -0.25) is 0 Å². The standard InChI is InChI=1S/C24H29NO3.ClH/c1-25(2)16-21-11-10-18(14-23(21)19-7-5-9-22(26)15-19)12-17-6-4-8-20(13-17)24(27)28-3;/h4-9,12-13,15,21,23,26H,10-11,14,16H2,1-3H3;1H/b18-12-;/t21-,23+;/m1./s1. The lowest BCUT2D eigenvalue weighted by Crippen LogP contribution is -2.29. The third kappa shape index (κ3) is 6.09. The van der Waals surface area contributed by atoms with Gasteiger partial charge in [0.1, 0.15) is 5.75 Å². The minimum Gasteiger partial charge on any atom is -0.508 e. The number of ether oxygens (including phenoxy) is 1. The molecular formula is C24H30ClNO3. The molecule has 0 amide bonds. The van der Waals surface area contributed by atoms with Crippen molar-refractivity contribution in [1.82, 2.24) is 4.90 Å². The van der Waals surface area contributed by atoms with E-state index < -0.39 is 0 Å². The van der Waals surface area contributed by atoms with Gasteiger partial charge < -0.3 is 14.7 Å². The first-order valence-corrected chi connectivity index (χ1v) is 9.77. The third-order valence-corrected chi connectivity index (χ3v) is 5.46. The van der Waals surface area contributed by atoms with Crippen LogP contribution in [0.25, 0.3) is 6.08 Å². The van der Waals surface area contributed by atoms with Crippen molar-refractivity contribution >= 4 is 24.5 Å². The van der Waals surface area contributed by atoms with E-state index in [1.54, 1.807) is 12.1 Å². The zero-order valence-electron chi connectivity index (χ0n) is 17.3. The van der Waals surface area contributed by atoms with Crippen LogP contribution >= 0.6 is 12.4 Å². The molecule has 5 heteroatoms. The molecule has 1 saturated carbocycles. The number of allylic oxidation sites excluding steroid dienone is 1. The summed E-state index contributed by atoms with van der Waals surface area (Å²) in [4.78, 5) is 14.0. The van der Waals surface area contributed by atoms with Crippen molar-refractivity contribution in [3.05, 3.63) is 70.8 Å². The number of halogens is 1. The molecular weight excluding hydrogens is 386 g/mol. The second-order valence-corrected chi connectivity index (χ2v) is 7.89. The quantitative estimate of drug-likeness (QED) is 0.688. The van der Waals surface area contributed by atoms with Gasteiger partial charge in [-0.15, -0.1) is 12.4 Å². The summed E-state index contributed by atoms with van der Waals surface area (Å²) in [5, 5.41) is 9.95. The van der Waals surface area contributed by atoms with Crippen LogP contribution in [0.3, 0.4) is 0 Å². The lowest BCUT2D eigenvalue weighted by atomic mass is 9.73. The molecule has 0 spiro atoms. The number of esters is 1. The third-order valence-electron chi connectivity index (χ3n) is 5.46. The minimum absolute atomic E-state index is 0. The van der Waals surface area contributed by atoms with Crippen LogP contribution in [0.5, 0.6) is 5.75 Å². The summed E-state index contributed by atoms with van der Waals surface area (Å²) in [6.45, 7) is 1.03. The van der Waals surface area contributed by atoms with E-state index in [1.165, 1.54) is 18.2 Å². The Bertz CT molecular complexity index is 863. The van der Waals surface area contributed by atoms with Gasteiger partial charge in [-0.2, -0.15) is 0 Å². The van der Waals surface area contributed by atoms with Crippen molar-refractivity contribution in [2.24, 2.45) is 5.92 Å². The van der Waals surface area contributed by atoms with Crippen LogP contribution in [0, 0.1) is 5.92 Å². The molecule has 0 saturated heterocycles. The van der Waals surface area contributed by atoms with Crippen LogP contribution in [0.1, 0.15) is 46.7 Å². The fourth-order valence-electron chi connectivity index (χ4n) is 4.20. The molecule has 2 aromatic rings. The van der Waals surface area contributed by atoms with Gasteiger partial charge in [0.05, 0.1) is 12.7 Å². The Morgan fingerprint density at radius 3 is 2.66 bits per heavy atom. The van der Waals surface area contributed by atoms with Crippen molar-refractivity contribution < 1.29 is 14.6 Å². The topological polar surface area (TPSA) is 49.8 Å². The molecule has 1 N–H and O–H groups in total. The Hall–Kier alpha value is -2.30. The monoisotopic (exact) mass is 415 g/mol. The summed E-state index contributed by atoms with van der Waals surface area (Å²) in [5.74, 6) is 0.934. The molecule has 156 valence electrons. The average molecular weight is 416 g/mol. The predicted molar refractivity (Wildman–Crippen MR) is 120 cm³/mol. The molecule has 0 aromatic heterocycles. The van der Waals surface area contributed by atoms with Gasteiger partial charge in [0.2, 0.25) is 0 Å². The molecule has 0 bridgehead atoms. The van der Waals surface area contributed by atoms with E-state index in [0.717, 1.165) is 31.4 Å². The van der Waals surface area contributed by atoms with Gasteiger partial charge in [0.15, 0.2) is 0 Å². The highest BCUT2D eigenvalue weighted by molar-refractivity contribution is 5.90. The maximum Gasteiger partial charge on any atom is 0.337 e. The lowest BCUT2D eigenvalue weighted by molar-refractivity contribution is 0.0600. The van der Waals surface area contributed by atoms with Gasteiger partial charge in [-0.05, 0) is 80.6 Å². The van der Waals surface area contributed by atoms with Crippen molar-refractivity contribution in [3.8, 4) is 5.75 Å². The highest BCUT2D eigenvalue weighted by Crippen LogP contribution is 2.42. The van der Waals surface area contributed by atoms with E-state index in [0.29, 0.717) is 23.1 Å². The average Bonchev–Trinajstić information content (AvgIpc) is 2.68. The Kier molecular flexibility index (Phi) is 8.30. The van der Waals surface area contributed by atoms with Crippen molar-refractivity contribution in [1.29, 1.82) is 0 Å². The molecule has 0 radical (unpaired) electrons. The fourth-order valence-corrected chi connectivity index (χ4v) is 4.20. The maximum atomic E-state index is 11.8. The summed E-state index contributed by atoms with van der Waals surface area (Å²) in [6.07, 6.45) is 5.33. The number of carbonyl (C=O) groups is 1. The molecule has 4 nitrogen and oxygen atoms in total. The Morgan fingerprint density at radius 2 is 1.97 bits per heavy atom. The number of benzene rings is 2. The molecule has 0 heterocycles. The largest absolute Gasteiger partial charge is 0.508 e. The smallest absolute Gasteiger partial charge is 0.337 e. The van der Waals surface area contributed by atoms with Crippen LogP contribution in [0.15, 0.2) is 54.1 Å². The first kappa shape index (κ1) is 23.0. The number of hydrogen-bond acceptors (Lipinski definition) is 4. The Morgan fingerprint density at radius 1 is 1.21 bits per heavy atom. The molecule has 0 aliphatic heterocycles. The molecule has 29 heavy (non-hydrogen) atoms. The molecule has 1 fully saturated rings. The van der Waals surface area contributed by atoms with Gasteiger partial charge in [-0.1, -0.05) is 35.9 Å². The van der Waals surface area contributed by atoms with Crippen LogP contribution in [0.4, 0.5) is 0 Å². The van der Waals surface area contributed by atoms with E-state index in [-0.39, 0.29) is 18.4 Å². The number of phenolic OH excluding ortho intramolecular Hbond substituents is 1. The van der Waals surface area contributed by atoms with Crippen LogP contribution < -0.4 is 0 Å². The van der Waals surface area contributed by atoms with Gasteiger partial charge in [-0.25, -0.2) is 4.79 Å². The summed E-state index contributed by atoms with van der Waals surface area (Å²) >= 11 is 0. The maximum absolute atomic E-state index is 11.8. The Labute approximate surface area is 179 Å². The number of carbonyl (C=O) groups excluding carboxylic acids is 1. The summed E-state index contributed by atoms with van der Waals surface area (Å²) in [5.41, 5.74) is 4.17. The number of methoxy groups -OCH3 is 1. The lowest BCUT2D eigenvalue weighted by Gasteiger charge is -2.35. The fraction of sp³-hybridized carbons (Fsp3) is 0.375. The van der Waals surface area contributed by atoms with Crippen molar-refractivity contribution in [2.75, 3.05) is 27.7 Å². The van der Waals surface area contributed by atoms with E-state index >= 15 is 0 Å². The molecule has 1 aliphatic carbocycles. The van der Waals surface area contributed by atoms with E-state index in [4.69, 9.17) is 4.74 Å². The SMILES string of the molecule is COC(=O)c1cccc(/C=C2/CC[C@H](CN(C)C)[C@H](c3cccc(O)c3)C2)c1.Cl. The first-order valence-electron chi connectivity index (χ1n) is 9.77. The summed E-state index contributed by atoms with van der Waals surface area (Å²) < 4.78 is 4.83. The molecule has 2 aromatic carbocycles. The molecule has 1 aliphatic rings. The second kappa shape index (κ2) is 10.5. The van der Waals surface area contributed by atoms with Gasteiger partial charge >= 0.3 is 5.97 Å². The highest BCUT2D eigenvalue weighted by Gasteiger charge is 2.29. The van der Waals surface area contributed by atoms with Gasteiger partial charge in [0, 0.05) is 6.54 Å². The first-order chi connectivity index (χ1) is 13.5. The van der Waals surface area contributed by atoms with Crippen LogP contribution in [-0.2, 0) is 4.74 Å². The molecule has 2 atom stereocenters. The predicted octanol–water partition coefficient (Wildman–Crippen LogP) is 5.13. The molecule has 0 unspecified atom stereocenters. The van der Waals surface area contributed by atoms with E-state index in [9.17, 15) is 9.90 Å². The van der Waals surface area contributed by atoms with E-state index in [1.807, 2.05) is 30.3 Å². The normalized spacial score (nSPS) is 20.3. The molecule has 3 rings (SSSR count). The zero-order chi connectivity index (χ0) is 20.1. The van der Waals surface area contributed by atoms with Crippen molar-refractivity contribution in [2.45, 2.75) is 25.2 Å². The second-order valence-electron chi connectivity index (χ2n) is 7.89. The number of aromatic hydroxyl groups is 1. The van der Waals surface area contributed by atoms with E-state index in [2.05, 4.69) is 31.1 Å². The summed E-state index contributed by atoms with van der Waals surface area (Å²) in [6, 6.07) is 15.2.